The summed E-state index contributed by atoms with van der Waals surface area (Å²) in [5.74, 6) is 1.47. The van der Waals surface area contributed by atoms with Gasteiger partial charge in [-0.25, -0.2) is 4.39 Å². The molecule has 3 rings (SSSR count). The molecule has 0 spiro atoms. The smallest absolute Gasteiger partial charge is 0.126 e. The number of ether oxygens (including phenoxy) is 1. The maximum atomic E-state index is 13.3. The van der Waals surface area contributed by atoms with Gasteiger partial charge >= 0.3 is 0 Å². The molecule has 2 N–H and O–H groups in total. The Morgan fingerprint density at radius 3 is 2.95 bits per heavy atom. The number of hydrogen-bond acceptors (Lipinski definition) is 3. The average Bonchev–Trinajstić information content (AvgIpc) is 2.77. The number of halogens is 1. The Hall–Kier alpha value is -1.68. The van der Waals surface area contributed by atoms with E-state index in [-0.39, 0.29) is 11.9 Å². The molecular formula is C16H16FNOS. The highest BCUT2D eigenvalue weighted by atomic mass is 32.2. The number of benzene rings is 2. The first-order valence-electron chi connectivity index (χ1n) is 6.55. The lowest BCUT2D eigenvalue weighted by Gasteiger charge is -2.10. The Morgan fingerprint density at radius 1 is 1.30 bits per heavy atom. The van der Waals surface area contributed by atoms with Crippen molar-refractivity contribution in [3.8, 4) is 5.75 Å². The first kappa shape index (κ1) is 13.3. The van der Waals surface area contributed by atoms with Crippen LogP contribution in [0.15, 0.2) is 41.3 Å². The van der Waals surface area contributed by atoms with Gasteiger partial charge in [-0.3, -0.25) is 0 Å². The van der Waals surface area contributed by atoms with Crippen LogP contribution in [0.25, 0.3) is 0 Å². The lowest BCUT2D eigenvalue weighted by Crippen LogP contribution is -2.15. The lowest BCUT2D eigenvalue weighted by molar-refractivity contribution is 0.259. The molecule has 2 nitrogen and oxygen atoms in total. The van der Waals surface area contributed by atoms with Gasteiger partial charge in [-0.1, -0.05) is 17.7 Å². The molecule has 0 bridgehead atoms. The van der Waals surface area contributed by atoms with Crippen LogP contribution in [0.5, 0.6) is 5.75 Å². The van der Waals surface area contributed by atoms with Crippen molar-refractivity contribution in [2.24, 2.45) is 0 Å². The van der Waals surface area contributed by atoms with Crippen LogP contribution in [0, 0.1) is 12.7 Å². The molecule has 1 atom stereocenters. The van der Waals surface area contributed by atoms with Crippen LogP contribution < -0.4 is 10.5 Å². The number of fused-ring (bicyclic) bond motifs is 1. The first-order valence-corrected chi connectivity index (χ1v) is 7.54. The van der Waals surface area contributed by atoms with E-state index in [1.807, 2.05) is 6.07 Å². The van der Waals surface area contributed by atoms with Crippen LogP contribution in [-0.2, 0) is 6.42 Å². The zero-order valence-corrected chi connectivity index (χ0v) is 12.0. The highest BCUT2D eigenvalue weighted by Crippen LogP contribution is 2.32. The summed E-state index contributed by atoms with van der Waals surface area (Å²) in [7, 11) is 0. The highest BCUT2D eigenvalue weighted by Gasteiger charge is 2.22. The van der Waals surface area contributed by atoms with E-state index in [1.165, 1.54) is 23.3 Å². The van der Waals surface area contributed by atoms with Gasteiger partial charge in [-0.05, 0) is 36.8 Å². The summed E-state index contributed by atoms with van der Waals surface area (Å²) >= 11 is 1.58. The van der Waals surface area contributed by atoms with E-state index in [4.69, 9.17) is 10.5 Å². The van der Waals surface area contributed by atoms with Crippen LogP contribution in [0.4, 0.5) is 10.1 Å². The molecule has 4 heteroatoms. The fraction of sp³-hybridized carbons (Fsp3) is 0.250. The third-order valence-electron chi connectivity index (χ3n) is 3.29. The summed E-state index contributed by atoms with van der Waals surface area (Å²) in [5.41, 5.74) is 8.61. The van der Waals surface area contributed by atoms with Crippen LogP contribution in [0.3, 0.4) is 0 Å². The molecule has 0 aliphatic carbocycles. The molecule has 1 heterocycles. The van der Waals surface area contributed by atoms with Gasteiger partial charge in [0.2, 0.25) is 0 Å². The average molecular weight is 289 g/mol. The molecule has 20 heavy (non-hydrogen) atoms. The van der Waals surface area contributed by atoms with Crippen LogP contribution in [0.2, 0.25) is 0 Å². The summed E-state index contributed by atoms with van der Waals surface area (Å²) < 4.78 is 19.2. The monoisotopic (exact) mass is 289 g/mol. The Kier molecular flexibility index (Phi) is 3.57. The van der Waals surface area contributed by atoms with Gasteiger partial charge in [0.15, 0.2) is 0 Å². The second kappa shape index (κ2) is 5.37. The summed E-state index contributed by atoms with van der Waals surface area (Å²) in [6.07, 6.45) is 1.05. The molecule has 0 amide bonds. The van der Waals surface area contributed by atoms with E-state index in [2.05, 4.69) is 19.1 Å². The number of rotatable bonds is 3. The number of nitrogen functional groups attached to an aromatic ring is 1. The SMILES string of the molecule is Cc1ccc2c(c1)CC(CSc1cc(N)cc(F)c1)O2. The van der Waals surface area contributed by atoms with Crippen LogP contribution in [0.1, 0.15) is 11.1 Å². The summed E-state index contributed by atoms with van der Waals surface area (Å²) in [5, 5.41) is 0. The molecule has 0 saturated carbocycles. The van der Waals surface area contributed by atoms with Crippen molar-refractivity contribution >= 4 is 17.4 Å². The Bertz CT molecular complexity index is 624. The summed E-state index contributed by atoms with van der Waals surface area (Å²) in [4.78, 5) is 0.846. The Morgan fingerprint density at radius 2 is 2.15 bits per heavy atom. The van der Waals surface area contributed by atoms with Crippen molar-refractivity contribution in [3.63, 3.8) is 0 Å². The molecule has 1 aliphatic heterocycles. The molecule has 0 radical (unpaired) electrons. The minimum atomic E-state index is -0.293. The number of nitrogens with two attached hydrogens (primary N) is 1. The molecule has 2 aromatic rings. The summed E-state index contributed by atoms with van der Waals surface area (Å²) in [6, 6.07) is 10.9. The number of anilines is 1. The van der Waals surface area contributed by atoms with Crippen molar-refractivity contribution < 1.29 is 9.13 Å². The van der Waals surface area contributed by atoms with E-state index in [9.17, 15) is 4.39 Å². The van der Waals surface area contributed by atoms with Gasteiger partial charge in [-0.15, -0.1) is 11.8 Å². The minimum absolute atomic E-state index is 0.140. The fourth-order valence-corrected chi connectivity index (χ4v) is 3.38. The zero-order valence-electron chi connectivity index (χ0n) is 11.2. The molecule has 0 fully saturated rings. The molecular weight excluding hydrogens is 273 g/mol. The second-order valence-corrected chi connectivity index (χ2v) is 6.18. The van der Waals surface area contributed by atoms with Gasteiger partial charge in [0.1, 0.15) is 17.7 Å². The fourth-order valence-electron chi connectivity index (χ4n) is 2.40. The normalized spacial score (nSPS) is 16.8. The Balaban J connectivity index is 1.63. The van der Waals surface area contributed by atoms with Gasteiger partial charge < -0.3 is 10.5 Å². The van der Waals surface area contributed by atoms with Crippen molar-refractivity contribution in [1.29, 1.82) is 0 Å². The maximum absolute atomic E-state index is 13.3. The Labute approximate surface area is 122 Å². The predicted octanol–water partition coefficient (Wildman–Crippen LogP) is 3.81. The van der Waals surface area contributed by atoms with Crippen molar-refractivity contribution in [1.82, 2.24) is 0 Å². The molecule has 0 saturated heterocycles. The van der Waals surface area contributed by atoms with E-state index in [0.29, 0.717) is 5.69 Å². The first-order chi connectivity index (χ1) is 9.60. The second-order valence-electron chi connectivity index (χ2n) is 5.09. The van der Waals surface area contributed by atoms with Crippen LogP contribution in [-0.4, -0.2) is 11.9 Å². The van der Waals surface area contributed by atoms with E-state index in [1.54, 1.807) is 17.8 Å². The third kappa shape index (κ3) is 2.90. The molecule has 104 valence electrons. The molecule has 1 aliphatic rings. The van der Waals surface area contributed by atoms with E-state index < -0.39 is 0 Å². The third-order valence-corrected chi connectivity index (χ3v) is 4.39. The molecule has 1 unspecified atom stereocenters. The molecule has 2 aromatic carbocycles. The van der Waals surface area contributed by atoms with Gasteiger partial charge in [-0.2, -0.15) is 0 Å². The minimum Gasteiger partial charge on any atom is -0.489 e. The van der Waals surface area contributed by atoms with Gasteiger partial charge in [0.25, 0.3) is 0 Å². The number of thioether (sulfide) groups is 1. The van der Waals surface area contributed by atoms with Crippen LogP contribution >= 0.6 is 11.8 Å². The van der Waals surface area contributed by atoms with Gasteiger partial charge in [0.05, 0.1) is 0 Å². The zero-order chi connectivity index (χ0) is 14.1. The predicted molar refractivity (Wildman–Crippen MR) is 80.8 cm³/mol. The largest absolute Gasteiger partial charge is 0.489 e. The number of aryl methyl sites for hydroxylation is 1. The van der Waals surface area contributed by atoms with Gasteiger partial charge in [0, 0.05) is 22.8 Å². The lowest BCUT2D eigenvalue weighted by atomic mass is 10.1. The van der Waals surface area contributed by atoms with Crippen molar-refractivity contribution in [3.05, 3.63) is 53.3 Å². The molecule has 0 aromatic heterocycles. The summed E-state index contributed by atoms with van der Waals surface area (Å²) in [6.45, 7) is 2.08. The van der Waals surface area contributed by atoms with E-state index in [0.717, 1.165) is 22.8 Å². The van der Waals surface area contributed by atoms with Crippen molar-refractivity contribution in [2.75, 3.05) is 11.5 Å². The maximum Gasteiger partial charge on any atom is 0.126 e. The topological polar surface area (TPSA) is 35.2 Å². The highest BCUT2D eigenvalue weighted by molar-refractivity contribution is 7.99. The quantitative estimate of drug-likeness (QED) is 0.689. The standard InChI is InChI=1S/C16H16FNOS/c1-10-2-3-16-11(4-10)5-14(19-16)9-20-15-7-12(17)6-13(18)8-15/h2-4,6-8,14H,5,9,18H2,1H3. The number of hydrogen-bond donors (Lipinski definition) is 1. The van der Waals surface area contributed by atoms with E-state index >= 15 is 0 Å². The van der Waals surface area contributed by atoms with Crippen molar-refractivity contribution in [2.45, 2.75) is 24.3 Å².